The topological polar surface area (TPSA) is 81.0 Å². The number of hydrogen-bond acceptors (Lipinski definition) is 5. The molecular formula is C18H21N3O4. The summed E-state index contributed by atoms with van der Waals surface area (Å²) in [6.45, 7) is 4.33. The maximum Gasteiger partial charge on any atom is 0.328 e. The lowest BCUT2D eigenvalue weighted by Crippen LogP contribution is -2.50. The number of aryl methyl sites for hydroxylation is 1. The fourth-order valence-electron chi connectivity index (χ4n) is 3.14. The average Bonchev–Trinajstić information content (AvgIpc) is 2.61. The van der Waals surface area contributed by atoms with E-state index in [0.717, 1.165) is 18.4 Å². The number of carbonyl (C=O) groups is 2. The molecule has 0 aliphatic carbocycles. The van der Waals surface area contributed by atoms with E-state index in [-0.39, 0.29) is 12.2 Å². The Morgan fingerprint density at radius 3 is 2.92 bits per heavy atom. The summed E-state index contributed by atoms with van der Waals surface area (Å²) in [4.78, 5) is 43.4. The van der Waals surface area contributed by atoms with Crippen LogP contribution in [0, 0.1) is 6.92 Å². The highest BCUT2D eigenvalue weighted by Crippen LogP contribution is 2.20. The first-order valence-electron chi connectivity index (χ1n) is 8.48. The van der Waals surface area contributed by atoms with Crippen molar-refractivity contribution in [2.24, 2.45) is 0 Å². The Morgan fingerprint density at radius 2 is 2.16 bits per heavy atom. The van der Waals surface area contributed by atoms with E-state index in [0.29, 0.717) is 18.6 Å². The van der Waals surface area contributed by atoms with Crippen molar-refractivity contribution in [3.8, 4) is 0 Å². The minimum Gasteiger partial charge on any atom is -0.464 e. The van der Waals surface area contributed by atoms with Gasteiger partial charge in [0, 0.05) is 18.9 Å². The molecule has 0 radical (unpaired) electrons. The zero-order valence-electron chi connectivity index (χ0n) is 14.4. The van der Waals surface area contributed by atoms with E-state index in [1.807, 2.05) is 6.92 Å². The van der Waals surface area contributed by atoms with Crippen LogP contribution in [0.2, 0.25) is 0 Å². The largest absolute Gasteiger partial charge is 0.464 e. The zero-order chi connectivity index (χ0) is 18.0. The summed E-state index contributed by atoms with van der Waals surface area (Å²) in [5, 5.41) is 0. The molecule has 0 unspecified atom stereocenters. The van der Waals surface area contributed by atoms with Crippen LogP contribution in [0.4, 0.5) is 0 Å². The predicted octanol–water partition coefficient (Wildman–Crippen LogP) is 1.56. The Bertz CT molecular complexity index is 874. The Balaban J connectivity index is 1.97. The first-order chi connectivity index (χ1) is 12.0. The van der Waals surface area contributed by atoms with E-state index >= 15 is 0 Å². The number of ether oxygens (including phenoxy) is 1. The predicted molar refractivity (Wildman–Crippen MR) is 91.5 cm³/mol. The molecule has 1 aliphatic rings. The molecule has 0 N–H and O–H groups in total. The Morgan fingerprint density at radius 1 is 1.36 bits per heavy atom. The summed E-state index contributed by atoms with van der Waals surface area (Å²) in [6, 6.07) is 2.92. The quantitative estimate of drug-likeness (QED) is 0.790. The number of likely N-dealkylation sites (tertiary alicyclic amines) is 1. The number of pyridine rings is 1. The second-order valence-corrected chi connectivity index (χ2v) is 6.17. The van der Waals surface area contributed by atoms with Gasteiger partial charge in [-0.05, 0) is 50.8 Å². The smallest absolute Gasteiger partial charge is 0.328 e. The first-order valence-corrected chi connectivity index (χ1v) is 8.48. The molecule has 1 amide bonds. The fraction of sp³-hybridized carbons (Fsp3) is 0.444. The van der Waals surface area contributed by atoms with Crippen LogP contribution in [-0.2, 0) is 9.53 Å². The van der Waals surface area contributed by atoms with E-state index < -0.39 is 23.5 Å². The van der Waals surface area contributed by atoms with Crippen LogP contribution in [0.25, 0.3) is 5.65 Å². The van der Waals surface area contributed by atoms with Gasteiger partial charge in [-0.25, -0.2) is 9.78 Å². The molecule has 1 saturated heterocycles. The lowest BCUT2D eigenvalue weighted by atomic mass is 10.0. The SMILES string of the molecule is CCOC(=O)[C@H]1CCCCN1C(=O)c1cnc2cc(C)ccn2c1=O. The van der Waals surface area contributed by atoms with Crippen molar-refractivity contribution >= 4 is 17.5 Å². The molecule has 1 atom stereocenters. The van der Waals surface area contributed by atoms with Crippen molar-refractivity contribution in [1.29, 1.82) is 0 Å². The third-order valence-electron chi connectivity index (χ3n) is 4.42. The Hall–Kier alpha value is -2.70. The molecule has 0 bridgehead atoms. The fourth-order valence-corrected chi connectivity index (χ4v) is 3.14. The number of carbonyl (C=O) groups excluding carboxylic acids is 2. The highest BCUT2D eigenvalue weighted by Gasteiger charge is 2.34. The number of esters is 1. The van der Waals surface area contributed by atoms with Gasteiger partial charge in [0.05, 0.1) is 6.61 Å². The number of fused-ring (bicyclic) bond motifs is 1. The molecule has 25 heavy (non-hydrogen) atoms. The van der Waals surface area contributed by atoms with Crippen molar-refractivity contribution in [3.05, 3.63) is 46.0 Å². The van der Waals surface area contributed by atoms with Crippen molar-refractivity contribution in [1.82, 2.24) is 14.3 Å². The molecule has 2 aromatic heterocycles. The molecular weight excluding hydrogens is 322 g/mol. The summed E-state index contributed by atoms with van der Waals surface area (Å²) in [5.74, 6) is -0.884. The molecule has 2 aromatic rings. The van der Waals surface area contributed by atoms with Crippen LogP contribution in [0.3, 0.4) is 0 Å². The third kappa shape index (κ3) is 3.26. The van der Waals surface area contributed by atoms with Crippen LogP contribution in [0.15, 0.2) is 29.3 Å². The number of piperidine rings is 1. The van der Waals surface area contributed by atoms with Gasteiger partial charge < -0.3 is 9.64 Å². The van der Waals surface area contributed by atoms with Gasteiger partial charge in [-0.2, -0.15) is 0 Å². The number of aromatic nitrogens is 2. The number of amides is 1. The van der Waals surface area contributed by atoms with Gasteiger partial charge in [-0.15, -0.1) is 0 Å². The first kappa shape index (κ1) is 17.1. The van der Waals surface area contributed by atoms with Crippen molar-refractivity contribution in [2.75, 3.05) is 13.2 Å². The van der Waals surface area contributed by atoms with E-state index in [1.165, 1.54) is 15.5 Å². The molecule has 0 spiro atoms. The van der Waals surface area contributed by atoms with Gasteiger partial charge in [0.25, 0.3) is 11.5 Å². The molecule has 0 saturated carbocycles. The average molecular weight is 343 g/mol. The lowest BCUT2D eigenvalue weighted by molar-refractivity contribution is -0.149. The van der Waals surface area contributed by atoms with Crippen LogP contribution in [-0.4, -0.2) is 45.4 Å². The Labute approximate surface area is 145 Å². The van der Waals surface area contributed by atoms with Gasteiger partial charge in [-0.3, -0.25) is 14.0 Å². The van der Waals surface area contributed by atoms with Crippen molar-refractivity contribution in [3.63, 3.8) is 0 Å². The monoisotopic (exact) mass is 343 g/mol. The highest BCUT2D eigenvalue weighted by molar-refractivity contribution is 5.96. The van der Waals surface area contributed by atoms with Crippen molar-refractivity contribution in [2.45, 2.75) is 39.2 Å². The molecule has 1 aliphatic heterocycles. The molecule has 3 heterocycles. The normalized spacial score (nSPS) is 17.5. The second kappa shape index (κ2) is 7.04. The van der Waals surface area contributed by atoms with Crippen LogP contribution >= 0.6 is 0 Å². The van der Waals surface area contributed by atoms with E-state index in [4.69, 9.17) is 4.74 Å². The van der Waals surface area contributed by atoms with Gasteiger partial charge in [0.2, 0.25) is 0 Å². The summed E-state index contributed by atoms with van der Waals surface area (Å²) in [7, 11) is 0. The summed E-state index contributed by atoms with van der Waals surface area (Å²) >= 11 is 0. The van der Waals surface area contributed by atoms with E-state index in [2.05, 4.69) is 4.98 Å². The number of hydrogen-bond donors (Lipinski definition) is 0. The van der Waals surface area contributed by atoms with Crippen LogP contribution < -0.4 is 5.56 Å². The molecule has 132 valence electrons. The zero-order valence-corrected chi connectivity index (χ0v) is 14.4. The van der Waals surface area contributed by atoms with Gasteiger partial charge in [-0.1, -0.05) is 0 Å². The van der Waals surface area contributed by atoms with Gasteiger partial charge in [0.1, 0.15) is 17.3 Å². The van der Waals surface area contributed by atoms with Gasteiger partial charge in [0.15, 0.2) is 0 Å². The van der Waals surface area contributed by atoms with Crippen molar-refractivity contribution < 1.29 is 14.3 Å². The molecule has 1 fully saturated rings. The number of nitrogens with zero attached hydrogens (tertiary/aromatic N) is 3. The summed E-state index contributed by atoms with van der Waals surface area (Å²) in [5.41, 5.74) is 1.01. The summed E-state index contributed by atoms with van der Waals surface area (Å²) in [6.07, 6.45) is 5.10. The third-order valence-corrected chi connectivity index (χ3v) is 4.42. The molecule has 3 rings (SSSR count). The molecule has 0 aromatic carbocycles. The Kier molecular flexibility index (Phi) is 4.83. The maximum atomic E-state index is 12.9. The maximum absolute atomic E-state index is 12.9. The second-order valence-electron chi connectivity index (χ2n) is 6.17. The van der Waals surface area contributed by atoms with Gasteiger partial charge >= 0.3 is 5.97 Å². The minimum atomic E-state index is -0.640. The molecule has 7 heteroatoms. The highest BCUT2D eigenvalue weighted by atomic mass is 16.5. The summed E-state index contributed by atoms with van der Waals surface area (Å²) < 4.78 is 6.43. The van der Waals surface area contributed by atoms with Crippen LogP contribution in [0.1, 0.15) is 42.1 Å². The number of rotatable bonds is 3. The van der Waals surface area contributed by atoms with Crippen LogP contribution in [0.5, 0.6) is 0 Å². The lowest BCUT2D eigenvalue weighted by Gasteiger charge is -2.33. The molecule has 7 nitrogen and oxygen atoms in total. The minimum absolute atomic E-state index is 0.0300. The van der Waals surface area contributed by atoms with E-state index in [9.17, 15) is 14.4 Å². The standard InChI is InChI=1S/C18H21N3O4/c1-3-25-18(24)14-6-4-5-8-20(14)16(22)13-11-19-15-10-12(2)7-9-21(15)17(13)23/h7,9-11,14H,3-6,8H2,1-2H3/t14-/m1/s1. The van der Waals surface area contributed by atoms with E-state index in [1.54, 1.807) is 25.3 Å².